The van der Waals surface area contributed by atoms with Crippen LogP contribution in [0.3, 0.4) is 0 Å². The molecule has 0 aromatic heterocycles. The van der Waals surface area contributed by atoms with Gasteiger partial charge in [0.15, 0.2) is 0 Å². The first kappa shape index (κ1) is 14.9. The Bertz CT molecular complexity index is 665. The summed E-state index contributed by atoms with van der Waals surface area (Å²) in [4.78, 5) is 11.9. The zero-order valence-corrected chi connectivity index (χ0v) is 12.9. The maximum Gasteiger partial charge on any atom is 0.234 e. The molecular weight excluding hydrogens is 276 g/mol. The third-order valence-electron chi connectivity index (χ3n) is 4.10. The number of methoxy groups -OCH3 is 1. The number of carbonyl (C=O) groups excluding carboxylic acids is 1. The topological polar surface area (TPSA) is 50.4 Å². The van der Waals surface area contributed by atoms with Crippen LogP contribution in [0.1, 0.15) is 18.4 Å². The molecule has 1 saturated carbocycles. The average molecular weight is 298 g/mol. The molecule has 0 bridgehead atoms. The number of ether oxygens (including phenoxy) is 1. The number of hydrogen-bond donors (Lipinski definition) is 2. The van der Waals surface area contributed by atoms with E-state index in [9.17, 15) is 4.79 Å². The maximum absolute atomic E-state index is 11.9. The Balaban J connectivity index is 1.65. The van der Waals surface area contributed by atoms with Gasteiger partial charge < -0.3 is 15.4 Å². The van der Waals surface area contributed by atoms with Crippen molar-refractivity contribution in [2.75, 3.05) is 20.2 Å². The summed E-state index contributed by atoms with van der Waals surface area (Å²) in [6.45, 7) is 1.81. The molecule has 0 aliphatic heterocycles. The van der Waals surface area contributed by atoms with E-state index in [4.69, 9.17) is 4.74 Å². The molecule has 3 rings (SSSR count). The predicted molar refractivity (Wildman–Crippen MR) is 87.9 cm³/mol. The van der Waals surface area contributed by atoms with Crippen LogP contribution in [-0.4, -0.2) is 26.1 Å². The molecule has 1 fully saturated rings. The van der Waals surface area contributed by atoms with Crippen LogP contribution < -0.4 is 15.4 Å². The lowest BCUT2D eigenvalue weighted by Gasteiger charge is -2.13. The quantitative estimate of drug-likeness (QED) is 0.825. The fourth-order valence-corrected chi connectivity index (χ4v) is 2.65. The van der Waals surface area contributed by atoms with Gasteiger partial charge in [0.25, 0.3) is 0 Å². The Morgan fingerprint density at radius 3 is 2.82 bits per heavy atom. The number of hydrogen-bond acceptors (Lipinski definition) is 3. The number of carbonyl (C=O) groups is 1. The summed E-state index contributed by atoms with van der Waals surface area (Å²) < 4.78 is 5.44. The van der Waals surface area contributed by atoms with E-state index in [1.54, 1.807) is 7.11 Å². The number of rotatable bonds is 7. The molecule has 2 aromatic carbocycles. The van der Waals surface area contributed by atoms with E-state index >= 15 is 0 Å². The van der Waals surface area contributed by atoms with E-state index in [0.717, 1.165) is 34.5 Å². The highest BCUT2D eigenvalue weighted by Gasteiger charge is 2.20. The molecule has 1 amide bonds. The molecule has 1 aliphatic carbocycles. The van der Waals surface area contributed by atoms with Crippen molar-refractivity contribution in [3.8, 4) is 5.75 Å². The van der Waals surface area contributed by atoms with Crippen molar-refractivity contribution in [1.29, 1.82) is 0 Å². The summed E-state index contributed by atoms with van der Waals surface area (Å²) in [5, 5.41) is 8.46. The molecular formula is C18H22N2O2. The first-order chi connectivity index (χ1) is 10.8. The van der Waals surface area contributed by atoms with Gasteiger partial charge in [-0.25, -0.2) is 0 Å². The van der Waals surface area contributed by atoms with Crippen molar-refractivity contribution in [2.45, 2.75) is 19.4 Å². The number of benzene rings is 2. The minimum atomic E-state index is 0.0237. The third-order valence-corrected chi connectivity index (χ3v) is 4.10. The molecule has 2 aromatic rings. The summed E-state index contributed by atoms with van der Waals surface area (Å²) in [6, 6.07) is 12.1. The first-order valence-electron chi connectivity index (χ1n) is 7.80. The van der Waals surface area contributed by atoms with Gasteiger partial charge in [-0.05, 0) is 42.1 Å². The standard InChI is InChI=1S/C18H22N2O2/c1-22-17-9-8-14-4-2-3-5-15(14)16(17)11-20-18(21)12-19-10-13-6-7-13/h2-5,8-9,13,19H,6-7,10-12H2,1H3,(H,20,21). The van der Waals surface area contributed by atoms with Crippen LogP contribution in [0.4, 0.5) is 0 Å². The summed E-state index contributed by atoms with van der Waals surface area (Å²) >= 11 is 0. The molecule has 4 nitrogen and oxygen atoms in total. The van der Waals surface area contributed by atoms with Crippen LogP contribution in [0.25, 0.3) is 10.8 Å². The van der Waals surface area contributed by atoms with Crippen molar-refractivity contribution >= 4 is 16.7 Å². The second-order valence-electron chi connectivity index (χ2n) is 5.82. The van der Waals surface area contributed by atoms with Crippen LogP contribution in [-0.2, 0) is 11.3 Å². The van der Waals surface area contributed by atoms with Crippen molar-refractivity contribution in [2.24, 2.45) is 5.92 Å². The van der Waals surface area contributed by atoms with Crippen LogP contribution >= 0.6 is 0 Å². The predicted octanol–water partition coefficient (Wildman–Crippen LogP) is 2.46. The zero-order valence-electron chi connectivity index (χ0n) is 12.9. The molecule has 2 N–H and O–H groups in total. The minimum absolute atomic E-state index is 0.0237. The fourth-order valence-electron chi connectivity index (χ4n) is 2.65. The lowest BCUT2D eigenvalue weighted by atomic mass is 10.0. The van der Waals surface area contributed by atoms with Gasteiger partial charge in [0, 0.05) is 12.1 Å². The van der Waals surface area contributed by atoms with Gasteiger partial charge in [-0.1, -0.05) is 30.3 Å². The van der Waals surface area contributed by atoms with Crippen LogP contribution in [0, 0.1) is 5.92 Å². The summed E-state index contributed by atoms with van der Waals surface area (Å²) in [7, 11) is 1.66. The molecule has 0 radical (unpaired) electrons. The highest BCUT2D eigenvalue weighted by molar-refractivity contribution is 5.88. The molecule has 116 valence electrons. The van der Waals surface area contributed by atoms with E-state index in [2.05, 4.69) is 22.8 Å². The van der Waals surface area contributed by atoms with E-state index in [-0.39, 0.29) is 5.91 Å². The van der Waals surface area contributed by atoms with Gasteiger partial charge in [-0.15, -0.1) is 0 Å². The molecule has 0 heterocycles. The van der Waals surface area contributed by atoms with Crippen molar-refractivity contribution in [1.82, 2.24) is 10.6 Å². The maximum atomic E-state index is 11.9. The lowest BCUT2D eigenvalue weighted by Crippen LogP contribution is -2.34. The van der Waals surface area contributed by atoms with Gasteiger partial charge in [0.1, 0.15) is 5.75 Å². The summed E-state index contributed by atoms with van der Waals surface area (Å²) in [5.74, 6) is 1.62. The molecule has 22 heavy (non-hydrogen) atoms. The molecule has 0 saturated heterocycles. The van der Waals surface area contributed by atoms with Gasteiger partial charge in [-0.2, -0.15) is 0 Å². The fraction of sp³-hybridized carbons (Fsp3) is 0.389. The minimum Gasteiger partial charge on any atom is -0.496 e. The second-order valence-corrected chi connectivity index (χ2v) is 5.82. The zero-order chi connectivity index (χ0) is 15.4. The molecule has 1 aliphatic rings. The highest BCUT2D eigenvalue weighted by Crippen LogP contribution is 2.28. The largest absolute Gasteiger partial charge is 0.496 e. The van der Waals surface area contributed by atoms with Gasteiger partial charge >= 0.3 is 0 Å². The van der Waals surface area contributed by atoms with Gasteiger partial charge in [0.2, 0.25) is 5.91 Å². The van der Waals surface area contributed by atoms with E-state index < -0.39 is 0 Å². The van der Waals surface area contributed by atoms with Gasteiger partial charge in [0.05, 0.1) is 13.7 Å². The van der Waals surface area contributed by atoms with Crippen molar-refractivity contribution in [3.63, 3.8) is 0 Å². The normalized spacial score (nSPS) is 14.0. The van der Waals surface area contributed by atoms with Crippen molar-refractivity contribution in [3.05, 3.63) is 42.0 Å². The second kappa shape index (κ2) is 6.79. The summed E-state index contributed by atoms with van der Waals surface area (Å²) in [6.07, 6.45) is 2.59. The molecule has 0 spiro atoms. The highest BCUT2D eigenvalue weighted by atomic mass is 16.5. The Kier molecular flexibility index (Phi) is 4.59. The number of amides is 1. The monoisotopic (exact) mass is 298 g/mol. The smallest absolute Gasteiger partial charge is 0.234 e. The van der Waals surface area contributed by atoms with E-state index in [1.807, 2.05) is 24.3 Å². The Hall–Kier alpha value is -2.07. The first-order valence-corrected chi connectivity index (χ1v) is 7.80. The van der Waals surface area contributed by atoms with Gasteiger partial charge in [-0.3, -0.25) is 4.79 Å². The molecule has 4 heteroatoms. The Morgan fingerprint density at radius 1 is 1.23 bits per heavy atom. The summed E-state index contributed by atoms with van der Waals surface area (Å²) in [5.41, 5.74) is 1.02. The lowest BCUT2D eigenvalue weighted by molar-refractivity contribution is -0.120. The van der Waals surface area contributed by atoms with Crippen LogP contribution in [0.5, 0.6) is 5.75 Å². The van der Waals surface area contributed by atoms with Crippen molar-refractivity contribution < 1.29 is 9.53 Å². The third kappa shape index (κ3) is 3.57. The Morgan fingerprint density at radius 2 is 2.05 bits per heavy atom. The molecule has 0 atom stereocenters. The molecule has 0 unspecified atom stereocenters. The van der Waals surface area contributed by atoms with Crippen LogP contribution in [0.2, 0.25) is 0 Å². The number of fused-ring (bicyclic) bond motifs is 1. The number of nitrogens with one attached hydrogen (secondary N) is 2. The SMILES string of the molecule is COc1ccc2ccccc2c1CNC(=O)CNCC1CC1. The average Bonchev–Trinajstić information content (AvgIpc) is 3.36. The van der Waals surface area contributed by atoms with E-state index in [1.165, 1.54) is 12.8 Å². The van der Waals surface area contributed by atoms with Crippen LogP contribution in [0.15, 0.2) is 36.4 Å². The van der Waals surface area contributed by atoms with E-state index in [0.29, 0.717) is 13.1 Å². The Labute approximate surface area is 130 Å².